The largest absolute Gasteiger partial charge is 0.497 e. The van der Waals surface area contributed by atoms with Crippen LogP contribution in [0.5, 0.6) is 5.75 Å². The van der Waals surface area contributed by atoms with Crippen LogP contribution in [0.25, 0.3) is 11.5 Å². The Morgan fingerprint density at radius 1 is 1.23 bits per heavy atom. The van der Waals surface area contributed by atoms with Crippen molar-refractivity contribution in [3.63, 3.8) is 0 Å². The SMILES string of the molecule is COc1ccc(-c2nc(CS(=O)(=O)CC(=O)N[C@@H]3CCC[C@@H](C)[C@@H]3C)c(C)o2)cc1. The Hall–Kier alpha value is -2.35. The van der Waals surface area contributed by atoms with Gasteiger partial charge in [-0.1, -0.05) is 26.7 Å². The normalized spacial score (nSPS) is 21.9. The Kier molecular flexibility index (Phi) is 6.85. The number of aryl methyl sites for hydroxylation is 1. The molecule has 1 aromatic carbocycles. The first-order chi connectivity index (χ1) is 14.2. The van der Waals surface area contributed by atoms with E-state index >= 15 is 0 Å². The van der Waals surface area contributed by atoms with Crippen molar-refractivity contribution in [1.29, 1.82) is 0 Å². The molecule has 2 aromatic rings. The van der Waals surface area contributed by atoms with Crippen molar-refractivity contribution in [3.8, 4) is 17.2 Å². The molecule has 8 heteroatoms. The van der Waals surface area contributed by atoms with Crippen molar-refractivity contribution in [1.82, 2.24) is 10.3 Å². The molecule has 1 N–H and O–H groups in total. The topological polar surface area (TPSA) is 98.5 Å². The molecule has 1 amide bonds. The summed E-state index contributed by atoms with van der Waals surface area (Å²) in [5.41, 5.74) is 1.05. The van der Waals surface area contributed by atoms with Crippen molar-refractivity contribution in [2.24, 2.45) is 11.8 Å². The number of carbonyl (C=O) groups excluding carboxylic acids is 1. The summed E-state index contributed by atoms with van der Waals surface area (Å²) in [5.74, 6) is 1.02. The summed E-state index contributed by atoms with van der Waals surface area (Å²) < 4.78 is 36.0. The Morgan fingerprint density at radius 3 is 2.60 bits per heavy atom. The van der Waals surface area contributed by atoms with Gasteiger partial charge in [0.05, 0.1) is 18.6 Å². The Balaban J connectivity index is 1.64. The maximum atomic E-state index is 12.6. The summed E-state index contributed by atoms with van der Waals surface area (Å²) in [6.07, 6.45) is 3.09. The minimum Gasteiger partial charge on any atom is -0.497 e. The van der Waals surface area contributed by atoms with Gasteiger partial charge in [-0.25, -0.2) is 13.4 Å². The fourth-order valence-corrected chi connectivity index (χ4v) is 5.18. The van der Waals surface area contributed by atoms with Crippen molar-refractivity contribution in [2.75, 3.05) is 12.9 Å². The van der Waals surface area contributed by atoms with E-state index in [9.17, 15) is 13.2 Å². The molecule has 1 fully saturated rings. The number of carbonyl (C=O) groups is 1. The van der Waals surface area contributed by atoms with E-state index in [1.54, 1.807) is 38.3 Å². The molecule has 1 heterocycles. The molecule has 0 bridgehead atoms. The van der Waals surface area contributed by atoms with E-state index < -0.39 is 21.5 Å². The van der Waals surface area contributed by atoms with Gasteiger partial charge in [0, 0.05) is 11.6 Å². The second-order valence-corrected chi connectivity index (χ2v) is 10.3. The molecule has 30 heavy (non-hydrogen) atoms. The fraction of sp³-hybridized carbons (Fsp3) is 0.545. The molecular weight excluding hydrogens is 404 g/mol. The van der Waals surface area contributed by atoms with E-state index in [4.69, 9.17) is 9.15 Å². The zero-order valence-electron chi connectivity index (χ0n) is 18.0. The quantitative estimate of drug-likeness (QED) is 0.716. The average molecular weight is 435 g/mol. The molecule has 0 spiro atoms. The number of amides is 1. The van der Waals surface area contributed by atoms with Crippen LogP contribution in [0.2, 0.25) is 0 Å². The van der Waals surface area contributed by atoms with Gasteiger partial charge in [-0.05, 0) is 49.4 Å². The van der Waals surface area contributed by atoms with E-state index in [2.05, 4.69) is 24.1 Å². The monoisotopic (exact) mass is 434 g/mol. The number of nitrogens with one attached hydrogen (secondary N) is 1. The van der Waals surface area contributed by atoms with Gasteiger partial charge in [0.2, 0.25) is 11.8 Å². The van der Waals surface area contributed by atoms with Gasteiger partial charge in [-0.2, -0.15) is 0 Å². The number of nitrogens with zero attached hydrogens (tertiary/aromatic N) is 1. The summed E-state index contributed by atoms with van der Waals surface area (Å²) in [6, 6.07) is 7.18. The molecule has 1 aliphatic rings. The minimum absolute atomic E-state index is 0.0342. The van der Waals surface area contributed by atoms with Crippen LogP contribution in [0.1, 0.15) is 44.6 Å². The highest BCUT2D eigenvalue weighted by atomic mass is 32.2. The number of aromatic nitrogens is 1. The van der Waals surface area contributed by atoms with E-state index in [1.807, 2.05) is 0 Å². The van der Waals surface area contributed by atoms with Crippen LogP contribution >= 0.6 is 0 Å². The molecule has 0 unspecified atom stereocenters. The maximum absolute atomic E-state index is 12.6. The van der Waals surface area contributed by atoms with Crippen molar-refractivity contribution in [2.45, 2.75) is 51.8 Å². The first-order valence-electron chi connectivity index (χ1n) is 10.3. The molecular formula is C22H30N2O5S. The molecule has 0 aliphatic heterocycles. The lowest BCUT2D eigenvalue weighted by Gasteiger charge is -2.34. The summed E-state index contributed by atoms with van der Waals surface area (Å²) in [4.78, 5) is 16.7. The van der Waals surface area contributed by atoms with Gasteiger partial charge < -0.3 is 14.5 Å². The van der Waals surface area contributed by atoms with E-state index in [-0.39, 0.29) is 11.8 Å². The molecule has 3 rings (SSSR count). The lowest BCUT2D eigenvalue weighted by molar-refractivity contribution is -0.120. The minimum atomic E-state index is -3.67. The van der Waals surface area contributed by atoms with E-state index in [0.29, 0.717) is 34.9 Å². The smallest absolute Gasteiger partial charge is 0.235 e. The van der Waals surface area contributed by atoms with Crippen molar-refractivity contribution < 1.29 is 22.4 Å². The Labute approximate surface area is 178 Å². The van der Waals surface area contributed by atoms with Crippen LogP contribution in [-0.4, -0.2) is 38.2 Å². The number of sulfone groups is 1. The van der Waals surface area contributed by atoms with E-state index in [1.165, 1.54) is 0 Å². The molecule has 1 aliphatic carbocycles. The number of benzene rings is 1. The predicted molar refractivity (Wildman–Crippen MR) is 115 cm³/mol. The molecule has 7 nitrogen and oxygen atoms in total. The highest BCUT2D eigenvalue weighted by Gasteiger charge is 2.30. The molecule has 1 aromatic heterocycles. The number of hydrogen-bond donors (Lipinski definition) is 1. The van der Waals surface area contributed by atoms with E-state index in [0.717, 1.165) is 24.8 Å². The molecule has 3 atom stereocenters. The highest BCUT2D eigenvalue weighted by molar-refractivity contribution is 7.91. The standard InChI is InChI=1S/C22H30N2O5S/c1-14-6-5-7-19(15(14)2)23-21(25)13-30(26,27)12-20-16(3)29-22(24-20)17-8-10-18(28-4)11-9-17/h8-11,14-15,19H,5-7,12-13H2,1-4H3,(H,23,25)/t14-,15+,19-/m1/s1. The van der Waals surface area contributed by atoms with Gasteiger partial charge in [-0.3, -0.25) is 4.79 Å². The maximum Gasteiger partial charge on any atom is 0.235 e. The third-order valence-electron chi connectivity index (χ3n) is 5.99. The highest BCUT2D eigenvalue weighted by Crippen LogP contribution is 2.29. The lowest BCUT2D eigenvalue weighted by atomic mass is 9.78. The second-order valence-electron chi connectivity index (χ2n) is 8.22. The fourth-order valence-electron chi connectivity index (χ4n) is 3.91. The third kappa shape index (κ3) is 5.41. The molecule has 1 saturated carbocycles. The van der Waals surface area contributed by atoms with Gasteiger partial charge >= 0.3 is 0 Å². The summed E-state index contributed by atoms with van der Waals surface area (Å²) in [5, 5.41) is 2.92. The summed E-state index contributed by atoms with van der Waals surface area (Å²) >= 11 is 0. The first kappa shape index (κ1) is 22.3. The lowest BCUT2D eigenvalue weighted by Crippen LogP contribution is -2.45. The zero-order chi connectivity index (χ0) is 21.9. The Bertz CT molecular complexity index is 981. The van der Waals surface area contributed by atoms with Crippen LogP contribution in [0.4, 0.5) is 0 Å². The van der Waals surface area contributed by atoms with Crippen LogP contribution < -0.4 is 10.1 Å². The van der Waals surface area contributed by atoms with Crippen molar-refractivity contribution >= 4 is 15.7 Å². The number of methoxy groups -OCH3 is 1. The van der Waals surface area contributed by atoms with Crippen LogP contribution in [0.3, 0.4) is 0 Å². The number of hydrogen-bond acceptors (Lipinski definition) is 6. The average Bonchev–Trinajstić information content (AvgIpc) is 3.04. The first-order valence-corrected chi connectivity index (χ1v) is 12.1. The predicted octanol–water partition coefficient (Wildman–Crippen LogP) is 3.51. The third-order valence-corrected chi connectivity index (χ3v) is 7.41. The second kappa shape index (κ2) is 9.20. The van der Waals surface area contributed by atoms with Gasteiger partial charge in [0.15, 0.2) is 9.84 Å². The number of rotatable bonds is 7. The molecule has 0 saturated heterocycles. The van der Waals surface area contributed by atoms with Gasteiger partial charge in [-0.15, -0.1) is 0 Å². The Morgan fingerprint density at radius 2 is 1.93 bits per heavy atom. The van der Waals surface area contributed by atoms with Crippen molar-refractivity contribution in [3.05, 3.63) is 35.7 Å². The van der Waals surface area contributed by atoms with Gasteiger partial charge in [0.25, 0.3) is 0 Å². The molecule has 0 radical (unpaired) electrons. The number of ether oxygens (including phenoxy) is 1. The van der Waals surface area contributed by atoms with Crippen LogP contribution in [0.15, 0.2) is 28.7 Å². The van der Waals surface area contributed by atoms with Crippen LogP contribution in [-0.2, 0) is 20.4 Å². The van der Waals surface area contributed by atoms with Gasteiger partial charge in [0.1, 0.15) is 17.3 Å². The summed E-state index contributed by atoms with van der Waals surface area (Å²) in [6.45, 7) is 5.96. The summed E-state index contributed by atoms with van der Waals surface area (Å²) in [7, 11) is -2.09. The van der Waals surface area contributed by atoms with Crippen LogP contribution in [0, 0.1) is 18.8 Å². The zero-order valence-corrected chi connectivity index (χ0v) is 18.8. The number of oxazole rings is 1. The molecule has 164 valence electrons.